The molecule has 2 nitrogen and oxygen atoms in total. The van der Waals surface area contributed by atoms with Crippen LogP contribution in [0.15, 0.2) is 60.8 Å². The molecule has 2 aromatic carbocycles. The largest absolute Gasteiger partial charge is 0.237 e. The zero-order valence-electron chi connectivity index (χ0n) is 11.0. The second kappa shape index (κ2) is 5.21. The molecule has 0 aliphatic carbocycles. The highest BCUT2D eigenvalue weighted by molar-refractivity contribution is 5.63. The lowest BCUT2D eigenvalue weighted by molar-refractivity contribution is 0.619. The smallest absolute Gasteiger partial charge is 0.159 e. The van der Waals surface area contributed by atoms with Crippen molar-refractivity contribution in [2.75, 3.05) is 0 Å². The Morgan fingerprint density at radius 1 is 0.900 bits per heavy atom. The van der Waals surface area contributed by atoms with Gasteiger partial charge in [-0.05, 0) is 36.8 Å². The summed E-state index contributed by atoms with van der Waals surface area (Å²) in [5.74, 6) is 0.469. The van der Waals surface area contributed by atoms with Crippen LogP contribution in [-0.4, -0.2) is 9.97 Å². The lowest BCUT2D eigenvalue weighted by Gasteiger charge is -2.05. The number of halogens is 1. The summed E-state index contributed by atoms with van der Waals surface area (Å²) in [5, 5.41) is 0. The van der Waals surface area contributed by atoms with Gasteiger partial charge in [0.05, 0.1) is 5.69 Å². The van der Waals surface area contributed by atoms with Crippen LogP contribution in [0.3, 0.4) is 0 Å². The van der Waals surface area contributed by atoms with Crippen molar-refractivity contribution in [3.63, 3.8) is 0 Å². The van der Waals surface area contributed by atoms with Crippen LogP contribution in [0.2, 0.25) is 0 Å². The highest BCUT2D eigenvalue weighted by atomic mass is 19.1. The topological polar surface area (TPSA) is 25.8 Å². The van der Waals surface area contributed by atoms with Crippen LogP contribution < -0.4 is 0 Å². The second-order valence-electron chi connectivity index (χ2n) is 4.60. The Morgan fingerprint density at radius 2 is 1.70 bits per heavy atom. The van der Waals surface area contributed by atoms with Crippen molar-refractivity contribution in [2.24, 2.45) is 0 Å². The maximum atomic E-state index is 13.3. The molecule has 0 unspecified atom stereocenters. The van der Waals surface area contributed by atoms with Gasteiger partial charge in [-0.25, -0.2) is 14.4 Å². The van der Waals surface area contributed by atoms with Crippen LogP contribution in [0.4, 0.5) is 4.39 Å². The molecule has 0 radical (unpaired) electrons. The molecular weight excluding hydrogens is 251 g/mol. The quantitative estimate of drug-likeness (QED) is 0.691. The minimum Gasteiger partial charge on any atom is -0.237 e. The first-order valence-corrected chi connectivity index (χ1v) is 6.39. The van der Waals surface area contributed by atoms with E-state index in [1.54, 1.807) is 25.3 Å². The predicted molar refractivity (Wildman–Crippen MR) is 77.6 cm³/mol. The summed E-state index contributed by atoms with van der Waals surface area (Å²) in [7, 11) is 0. The Bertz CT molecular complexity index is 739. The first kappa shape index (κ1) is 12.5. The van der Waals surface area contributed by atoms with Crippen LogP contribution in [0.25, 0.3) is 22.6 Å². The van der Waals surface area contributed by atoms with Crippen LogP contribution in [0, 0.1) is 12.7 Å². The van der Waals surface area contributed by atoms with E-state index >= 15 is 0 Å². The summed E-state index contributed by atoms with van der Waals surface area (Å²) in [6.45, 7) is 1.75. The lowest BCUT2D eigenvalue weighted by atomic mass is 10.1. The Hall–Kier alpha value is -2.55. The van der Waals surface area contributed by atoms with E-state index in [2.05, 4.69) is 9.97 Å². The molecule has 0 aliphatic heterocycles. The van der Waals surface area contributed by atoms with Gasteiger partial charge >= 0.3 is 0 Å². The van der Waals surface area contributed by atoms with Crippen molar-refractivity contribution >= 4 is 0 Å². The molecule has 1 heterocycles. The molecule has 0 aliphatic rings. The maximum Gasteiger partial charge on any atom is 0.159 e. The Kier molecular flexibility index (Phi) is 3.25. The van der Waals surface area contributed by atoms with Crippen molar-refractivity contribution in [3.05, 3.63) is 72.2 Å². The van der Waals surface area contributed by atoms with E-state index in [1.165, 1.54) is 6.07 Å². The summed E-state index contributed by atoms with van der Waals surface area (Å²) in [4.78, 5) is 8.84. The van der Waals surface area contributed by atoms with E-state index in [4.69, 9.17) is 0 Å². The molecule has 0 spiro atoms. The van der Waals surface area contributed by atoms with E-state index in [9.17, 15) is 4.39 Å². The van der Waals surface area contributed by atoms with E-state index in [0.717, 1.165) is 16.8 Å². The van der Waals surface area contributed by atoms with Gasteiger partial charge in [-0.1, -0.05) is 30.3 Å². The number of aryl methyl sites for hydroxylation is 1. The van der Waals surface area contributed by atoms with Gasteiger partial charge in [0.1, 0.15) is 5.82 Å². The van der Waals surface area contributed by atoms with Gasteiger partial charge in [0.15, 0.2) is 5.82 Å². The average molecular weight is 264 g/mol. The molecule has 0 N–H and O–H groups in total. The molecule has 0 bridgehead atoms. The summed E-state index contributed by atoms with van der Waals surface area (Å²) >= 11 is 0. The third-order valence-electron chi connectivity index (χ3n) is 3.14. The first-order chi connectivity index (χ1) is 9.74. The molecule has 0 atom stereocenters. The third kappa shape index (κ3) is 2.43. The zero-order chi connectivity index (χ0) is 13.9. The summed E-state index contributed by atoms with van der Waals surface area (Å²) in [6, 6.07) is 16.6. The molecule has 0 saturated carbocycles. The molecule has 0 saturated heterocycles. The van der Waals surface area contributed by atoms with Crippen LogP contribution >= 0.6 is 0 Å². The van der Waals surface area contributed by atoms with Gasteiger partial charge in [0, 0.05) is 17.3 Å². The average Bonchev–Trinajstić information content (AvgIpc) is 2.51. The summed E-state index contributed by atoms with van der Waals surface area (Å²) in [6.07, 6.45) is 1.73. The van der Waals surface area contributed by atoms with E-state index < -0.39 is 0 Å². The summed E-state index contributed by atoms with van der Waals surface area (Å²) in [5.41, 5.74) is 3.26. The highest BCUT2D eigenvalue weighted by Crippen LogP contribution is 2.22. The molecule has 3 heteroatoms. The van der Waals surface area contributed by atoms with Crippen LogP contribution in [0.5, 0.6) is 0 Å². The number of aromatic nitrogens is 2. The van der Waals surface area contributed by atoms with Crippen LogP contribution in [-0.2, 0) is 0 Å². The fourth-order valence-corrected chi connectivity index (χ4v) is 2.05. The van der Waals surface area contributed by atoms with Crippen molar-refractivity contribution in [2.45, 2.75) is 6.92 Å². The SMILES string of the molecule is Cc1cc(-c2ccnc(-c3ccccc3)n2)ccc1F. The Balaban J connectivity index is 2.05. The molecule has 3 aromatic rings. The highest BCUT2D eigenvalue weighted by Gasteiger charge is 2.06. The number of hydrogen-bond acceptors (Lipinski definition) is 2. The normalized spacial score (nSPS) is 10.5. The van der Waals surface area contributed by atoms with Crippen molar-refractivity contribution in [3.8, 4) is 22.6 Å². The number of benzene rings is 2. The number of hydrogen-bond donors (Lipinski definition) is 0. The molecule has 0 fully saturated rings. The minimum absolute atomic E-state index is 0.203. The van der Waals surface area contributed by atoms with Gasteiger partial charge in [-0.3, -0.25) is 0 Å². The molecule has 0 amide bonds. The number of nitrogens with zero attached hydrogens (tertiary/aromatic N) is 2. The van der Waals surface area contributed by atoms with E-state index in [0.29, 0.717) is 11.4 Å². The standard InChI is InChI=1S/C17H13FN2/c1-12-11-14(7-8-15(12)18)16-9-10-19-17(20-16)13-5-3-2-4-6-13/h2-11H,1H3. The third-order valence-corrected chi connectivity index (χ3v) is 3.14. The van der Waals surface area contributed by atoms with E-state index in [-0.39, 0.29) is 5.82 Å². The maximum absolute atomic E-state index is 13.3. The van der Waals surface area contributed by atoms with Gasteiger partial charge in [0.25, 0.3) is 0 Å². The fourth-order valence-electron chi connectivity index (χ4n) is 2.05. The van der Waals surface area contributed by atoms with Gasteiger partial charge < -0.3 is 0 Å². The Morgan fingerprint density at radius 3 is 2.45 bits per heavy atom. The van der Waals surface area contributed by atoms with Crippen molar-refractivity contribution < 1.29 is 4.39 Å². The zero-order valence-corrected chi connectivity index (χ0v) is 11.0. The lowest BCUT2D eigenvalue weighted by Crippen LogP contribution is -1.92. The second-order valence-corrected chi connectivity index (χ2v) is 4.60. The fraction of sp³-hybridized carbons (Fsp3) is 0.0588. The molecule has 3 rings (SSSR count). The predicted octanol–water partition coefficient (Wildman–Crippen LogP) is 4.26. The molecule has 20 heavy (non-hydrogen) atoms. The first-order valence-electron chi connectivity index (χ1n) is 6.39. The van der Waals surface area contributed by atoms with Gasteiger partial charge in [-0.2, -0.15) is 0 Å². The van der Waals surface area contributed by atoms with Crippen molar-refractivity contribution in [1.29, 1.82) is 0 Å². The molecular formula is C17H13FN2. The van der Waals surface area contributed by atoms with Gasteiger partial charge in [-0.15, -0.1) is 0 Å². The number of rotatable bonds is 2. The van der Waals surface area contributed by atoms with Crippen LogP contribution in [0.1, 0.15) is 5.56 Å². The van der Waals surface area contributed by atoms with Crippen molar-refractivity contribution in [1.82, 2.24) is 9.97 Å². The minimum atomic E-state index is -0.203. The van der Waals surface area contributed by atoms with Gasteiger partial charge in [0.2, 0.25) is 0 Å². The monoisotopic (exact) mass is 264 g/mol. The molecule has 1 aromatic heterocycles. The summed E-state index contributed by atoms with van der Waals surface area (Å²) < 4.78 is 13.3. The van der Waals surface area contributed by atoms with E-state index in [1.807, 2.05) is 36.4 Å². The Labute approximate surface area is 117 Å². The molecule has 98 valence electrons.